The Bertz CT molecular complexity index is 434. The lowest BCUT2D eigenvalue weighted by atomic mass is 10.0. The van der Waals surface area contributed by atoms with Crippen molar-refractivity contribution in [1.82, 2.24) is 4.90 Å². The van der Waals surface area contributed by atoms with Gasteiger partial charge in [0, 0.05) is 12.1 Å². The van der Waals surface area contributed by atoms with Crippen LogP contribution in [0.4, 0.5) is 8.78 Å². The van der Waals surface area contributed by atoms with Gasteiger partial charge in [-0.1, -0.05) is 6.92 Å². The molecule has 2 nitrogen and oxygen atoms in total. The van der Waals surface area contributed by atoms with Gasteiger partial charge in [-0.15, -0.1) is 0 Å². The highest BCUT2D eigenvalue weighted by atomic mass is 19.1. The number of nitrogens with zero attached hydrogens (tertiary/aromatic N) is 1. The van der Waals surface area contributed by atoms with Crippen molar-refractivity contribution < 1.29 is 13.6 Å². The molecule has 4 heteroatoms. The molecule has 0 aliphatic heterocycles. The number of Topliss-reactive ketones (excluding diaryl/α,β-unsaturated/α-hetero) is 1. The van der Waals surface area contributed by atoms with Crippen molar-refractivity contribution in [3.63, 3.8) is 0 Å². The lowest BCUT2D eigenvalue weighted by Crippen LogP contribution is -2.41. The van der Waals surface area contributed by atoms with E-state index >= 15 is 0 Å². The van der Waals surface area contributed by atoms with E-state index in [1.165, 1.54) is 6.07 Å². The van der Waals surface area contributed by atoms with E-state index in [9.17, 15) is 13.6 Å². The third kappa shape index (κ3) is 3.13. The summed E-state index contributed by atoms with van der Waals surface area (Å²) in [6.45, 7) is 5.76. The molecule has 0 radical (unpaired) electrons. The van der Waals surface area contributed by atoms with Crippen LogP contribution >= 0.6 is 0 Å². The summed E-state index contributed by atoms with van der Waals surface area (Å²) < 4.78 is 26.3. The Morgan fingerprint density at radius 3 is 2.44 bits per heavy atom. The van der Waals surface area contributed by atoms with Crippen molar-refractivity contribution in [2.75, 3.05) is 7.05 Å². The first kappa shape index (κ1) is 14.8. The standard InChI is InChI=1S/C14H19F2NO/c1-5-9(2)17(4)10(3)14(18)12-7-6-11(15)8-13(12)16/h6-10H,5H2,1-4H3. The quantitative estimate of drug-likeness (QED) is 0.753. The Morgan fingerprint density at radius 1 is 1.33 bits per heavy atom. The third-order valence-electron chi connectivity index (χ3n) is 3.47. The first-order valence-corrected chi connectivity index (χ1v) is 6.09. The maximum absolute atomic E-state index is 13.5. The summed E-state index contributed by atoms with van der Waals surface area (Å²) >= 11 is 0. The van der Waals surface area contributed by atoms with Crippen molar-refractivity contribution in [1.29, 1.82) is 0 Å². The van der Waals surface area contributed by atoms with Crippen LogP contribution in [0.1, 0.15) is 37.6 Å². The lowest BCUT2D eigenvalue weighted by molar-refractivity contribution is 0.0819. The SMILES string of the molecule is CCC(C)N(C)C(C)C(=O)c1ccc(F)cc1F. The average Bonchev–Trinajstić information content (AvgIpc) is 2.35. The van der Waals surface area contributed by atoms with Gasteiger partial charge in [-0.3, -0.25) is 9.69 Å². The normalized spacial score (nSPS) is 14.6. The Morgan fingerprint density at radius 2 is 1.94 bits per heavy atom. The number of benzene rings is 1. The Balaban J connectivity index is 2.93. The fourth-order valence-corrected chi connectivity index (χ4v) is 1.77. The van der Waals surface area contributed by atoms with Crippen LogP contribution in [0.15, 0.2) is 18.2 Å². The van der Waals surface area contributed by atoms with E-state index in [2.05, 4.69) is 0 Å². The van der Waals surface area contributed by atoms with Gasteiger partial charge in [0.2, 0.25) is 0 Å². The molecule has 0 aliphatic carbocycles. The van der Waals surface area contributed by atoms with E-state index in [4.69, 9.17) is 0 Å². The van der Waals surface area contributed by atoms with E-state index in [1.807, 2.05) is 25.8 Å². The van der Waals surface area contributed by atoms with Gasteiger partial charge in [0.1, 0.15) is 11.6 Å². The second kappa shape index (κ2) is 6.05. The first-order valence-electron chi connectivity index (χ1n) is 6.09. The van der Waals surface area contributed by atoms with Crippen LogP contribution in [0.3, 0.4) is 0 Å². The first-order chi connectivity index (χ1) is 8.38. The zero-order valence-corrected chi connectivity index (χ0v) is 11.2. The van der Waals surface area contributed by atoms with E-state index in [-0.39, 0.29) is 17.4 Å². The highest BCUT2D eigenvalue weighted by molar-refractivity contribution is 6.00. The van der Waals surface area contributed by atoms with Crippen LogP contribution in [0.5, 0.6) is 0 Å². The molecule has 18 heavy (non-hydrogen) atoms. The summed E-state index contributed by atoms with van der Waals surface area (Å²) in [5.41, 5.74) is -0.0564. The van der Waals surface area contributed by atoms with Gasteiger partial charge in [0.15, 0.2) is 5.78 Å². The number of hydrogen-bond acceptors (Lipinski definition) is 2. The molecule has 2 atom stereocenters. The Hall–Kier alpha value is -1.29. The maximum atomic E-state index is 13.5. The van der Waals surface area contributed by atoms with Crippen LogP contribution < -0.4 is 0 Å². The molecule has 0 bridgehead atoms. The zero-order chi connectivity index (χ0) is 13.9. The molecule has 0 saturated carbocycles. The minimum absolute atomic E-state index is 0.0564. The monoisotopic (exact) mass is 255 g/mol. The molecule has 0 heterocycles. The molecule has 1 aromatic carbocycles. The molecule has 100 valence electrons. The van der Waals surface area contributed by atoms with Crippen LogP contribution in [-0.4, -0.2) is 29.8 Å². The summed E-state index contributed by atoms with van der Waals surface area (Å²) in [5.74, 6) is -1.80. The van der Waals surface area contributed by atoms with Crippen LogP contribution in [-0.2, 0) is 0 Å². The minimum atomic E-state index is -0.801. The molecule has 2 unspecified atom stereocenters. The molecule has 0 aliphatic rings. The van der Waals surface area contributed by atoms with Gasteiger partial charge in [0.25, 0.3) is 0 Å². The van der Waals surface area contributed by atoms with Gasteiger partial charge < -0.3 is 0 Å². The summed E-state index contributed by atoms with van der Waals surface area (Å²) in [5, 5.41) is 0. The second-order valence-corrected chi connectivity index (χ2v) is 4.59. The van der Waals surface area contributed by atoms with E-state index < -0.39 is 17.7 Å². The summed E-state index contributed by atoms with van der Waals surface area (Å²) in [4.78, 5) is 14.0. The summed E-state index contributed by atoms with van der Waals surface area (Å²) in [6.07, 6.45) is 0.903. The molecule has 0 fully saturated rings. The number of carbonyl (C=O) groups excluding carboxylic acids is 1. The largest absolute Gasteiger partial charge is 0.294 e. The Labute approximate surface area is 107 Å². The van der Waals surface area contributed by atoms with Crippen molar-refractivity contribution in [2.45, 2.75) is 39.3 Å². The molecule has 0 spiro atoms. The number of carbonyl (C=O) groups is 1. The second-order valence-electron chi connectivity index (χ2n) is 4.59. The lowest BCUT2D eigenvalue weighted by Gasteiger charge is -2.29. The van der Waals surface area contributed by atoms with Crippen LogP contribution in [0, 0.1) is 11.6 Å². The van der Waals surface area contributed by atoms with Gasteiger partial charge in [-0.25, -0.2) is 8.78 Å². The van der Waals surface area contributed by atoms with E-state index in [1.54, 1.807) is 6.92 Å². The molecule has 1 aromatic rings. The number of rotatable bonds is 5. The predicted octanol–water partition coefficient (Wildman–Crippen LogP) is 3.27. The number of halogens is 2. The van der Waals surface area contributed by atoms with Crippen LogP contribution in [0.25, 0.3) is 0 Å². The summed E-state index contributed by atoms with van der Waals surface area (Å²) in [6, 6.07) is 2.84. The average molecular weight is 255 g/mol. The predicted molar refractivity (Wildman–Crippen MR) is 67.7 cm³/mol. The molecule has 1 rings (SSSR count). The molecular weight excluding hydrogens is 236 g/mol. The highest BCUT2D eigenvalue weighted by Crippen LogP contribution is 2.15. The third-order valence-corrected chi connectivity index (χ3v) is 3.47. The van der Waals surface area contributed by atoms with Crippen LogP contribution in [0.2, 0.25) is 0 Å². The van der Waals surface area contributed by atoms with E-state index in [0.29, 0.717) is 0 Å². The molecule has 0 N–H and O–H groups in total. The Kier molecular flexibility index (Phi) is 4.96. The smallest absolute Gasteiger partial charge is 0.182 e. The van der Waals surface area contributed by atoms with Gasteiger partial charge in [0.05, 0.1) is 11.6 Å². The molecule has 0 aromatic heterocycles. The number of likely N-dealkylation sites (N-methyl/N-ethyl adjacent to an activating group) is 1. The zero-order valence-electron chi connectivity index (χ0n) is 11.2. The van der Waals surface area contributed by atoms with Gasteiger partial charge >= 0.3 is 0 Å². The fraction of sp³-hybridized carbons (Fsp3) is 0.500. The van der Waals surface area contributed by atoms with Gasteiger partial charge in [-0.2, -0.15) is 0 Å². The van der Waals surface area contributed by atoms with Crippen molar-refractivity contribution in [3.8, 4) is 0 Å². The van der Waals surface area contributed by atoms with Crippen molar-refractivity contribution >= 4 is 5.78 Å². The summed E-state index contributed by atoms with van der Waals surface area (Å²) in [7, 11) is 1.83. The van der Waals surface area contributed by atoms with E-state index in [0.717, 1.165) is 18.6 Å². The fourth-order valence-electron chi connectivity index (χ4n) is 1.77. The molecular formula is C14H19F2NO. The van der Waals surface area contributed by atoms with Crippen molar-refractivity contribution in [3.05, 3.63) is 35.4 Å². The number of ketones is 1. The van der Waals surface area contributed by atoms with Gasteiger partial charge in [-0.05, 0) is 39.4 Å². The number of hydrogen-bond donors (Lipinski definition) is 0. The molecule has 0 saturated heterocycles. The minimum Gasteiger partial charge on any atom is -0.294 e. The maximum Gasteiger partial charge on any atom is 0.182 e. The molecule has 0 amide bonds. The van der Waals surface area contributed by atoms with Crippen molar-refractivity contribution in [2.24, 2.45) is 0 Å². The highest BCUT2D eigenvalue weighted by Gasteiger charge is 2.24. The topological polar surface area (TPSA) is 20.3 Å².